The average Bonchev–Trinajstić information content (AvgIpc) is 2.70. The van der Waals surface area contributed by atoms with Crippen LogP contribution in [0.25, 0.3) is 0 Å². The molecule has 94 valence electrons. The molecule has 0 saturated carbocycles. The summed E-state index contributed by atoms with van der Waals surface area (Å²) in [4.78, 5) is 19.3. The van der Waals surface area contributed by atoms with E-state index in [0.717, 1.165) is 6.20 Å². The van der Waals surface area contributed by atoms with Crippen LogP contribution in [0.15, 0.2) is 24.7 Å². The molecule has 0 N–H and O–H groups in total. The van der Waals surface area contributed by atoms with Crippen LogP contribution in [-0.2, 0) is 11.3 Å². The van der Waals surface area contributed by atoms with Gasteiger partial charge < -0.3 is 9.30 Å². The molecule has 0 fully saturated rings. The Morgan fingerprint density at radius 3 is 2.89 bits per heavy atom. The summed E-state index contributed by atoms with van der Waals surface area (Å²) in [5.74, 6) is -0.232. The van der Waals surface area contributed by atoms with Crippen molar-refractivity contribution in [3.05, 3.63) is 47.6 Å². The van der Waals surface area contributed by atoms with Crippen LogP contribution in [0.5, 0.6) is 0 Å². The fourth-order valence-electron chi connectivity index (χ4n) is 1.66. The Morgan fingerprint density at radius 1 is 1.44 bits per heavy atom. The SMILES string of the molecule is COC(=O)c1cnc(C)n1Cc1cncc(F)c1. The lowest BCUT2D eigenvalue weighted by Crippen LogP contribution is -2.12. The molecule has 0 unspecified atom stereocenters. The number of carbonyl (C=O) groups excluding carboxylic acids is 1. The van der Waals surface area contributed by atoms with Crippen molar-refractivity contribution in [1.82, 2.24) is 14.5 Å². The number of rotatable bonds is 3. The number of aromatic nitrogens is 3. The lowest BCUT2D eigenvalue weighted by atomic mass is 10.2. The first kappa shape index (κ1) is 12.2. The van der Waals surface area contributed by atoms with Gasteiger partial charge in [0.2, 0.25) is 0 Å². The van der Waals surface area contributed by atoms with Crippen LogP contribution >= 0.6 is 0 Å². The van der Waals surface area contributed by atoms with Gasteiger partial charge >= 0.3 is 5.97 Å². The minimum atomic E-state index is -0.472. The Labute approximate surface area is 103 Å². The Morgan fingerprint density at radius 2 is 2.22 bits per heavy atom. The number of imidazole rings is 1. The number of ether oxygens (including phenoxy) is 1. The van der Waals surface area contributed by atoms with E-state index >= 15 is 0 Å². The molecule has 0 radical (unpaired) electrons. The molecular weight excluding hydrogens is 237 g/mol. The van der Waals surface area contributed by atoms with Gasteiger partial charge in [-0.2, -0.15) is 0 Å². The van der Waals surface area contributed by atoms with Gasteiger partial charge in [-0.3, -0.25) is 4.98 Å². The largest absolute Gasteiger partial charge is 0.464 e. The number of esters is 1. The van der Waals surface area contributed by atoms with Crippen molar-refractivity contribution in [1.29, 1.82) is 0 Å². The zero-order valence-corrected chi connectivity index (χ0v) is 10.1. The summed E-state index contributed by atoms with van der Waals surface area (Å²) in [7, 11) is 1.30. The van der Waals surface area contributed by atoms with Gasteiger partial charge in [0.25, 0.3) is 0 Å². The molecule has 2 rings (SSSR count). The van der Waals surface area contributed by atoms with Gasteiger partial charge in [-0.05, 0) is 18.6 Å². The Kier molecular flexibility index (Phi) is 3.36. The number of methoxy groups -OCH3 is 1. The van der Waals surface area contributed by atoms with Gasteiger partial charge in [-0.25, -0.2) is 14.2 Å². The predicted molar refractivity (Wildman–Crippen MR) is 61.6 cm³/mol. The minimum Gasteiger partial charge on any atom is -0.464 e. The highest BCUT2D eigenvalue weighted by Gasteiger charge is 2.15. The van der Waals surface area contributed by atoms with Crippen LogP contribution in [0.2, 0.25) is 0 Å². The van der Waals surface area contributed by atoms with E-state index in [1.807, 2.05) is 0 Å². The van der Waals surface area contributed by atoms with Crippen molar-refractivity contribution in [2.45, 2.75) is 13.5 Å². The van der Waals surface area contributed by atoms with Crippen LogP contribution in [-0.4, -0.2) is 27.6 Å². The van der Waals surface area contributed by atoms with Gasteiger partial charge in [0.1, 0.15) is 17.3 Å². The molecule has 0 amide bonds. The fourth-order valence-corrected chi connectivity index (χ4v) is 1.66. The average molecular weight is 249 g/mol. The summed E-state index contributed by atoms with van der Waals surface area (Å²) in [5.41, 5.74) is 0.987. The number of hydrogen-bond acceptors (Lipinski definition) is 4. The smallest absolute Gasteiger partial charge is 0.356 e. The second-order valence-electron chi connectivity index (χ2n) is 3.78. The molecule has 0 aliphatic heterocycles. The summed E-state index contributed by atoms with van der Waals surface area (Å²) in [6.45, 7) is 2.08. The van der Waals surface area contributed by atoms with Gasteiger partial charge in [0, 0.05) is 6.20 Å². The lowest BCUT2D eigenvalue weighted by molar-refractivity contribution is 0.0588. The molecule has 5 nitrogen and oxygen atoms in total. The van der Waals surface area contributed by atoms with E-state index in [1.165, 1.54) is 19.4 Å². The highest BCUT2D eigenvalue weighted by atomic mass is 19.1. The first-order chi connectivity index (χ1) is 8.61. The molecule has 2 heterocycles. The van der Waals surface area contributed by atoms with E-state index in [0.29, 0.717) is 23.6 Å². The fraction of sp³-hybridized carbons (Fsp3) is 0.250. The topological polar surface area (TPSA) is 57.0 Å². The Bertz CT molecular complexity index is 580. The molecule has 0 spiro atoms. The Balaban J connectivity index is 2.34. The maximum atomic E-state index is 13.0. The third kappa shape index (κ3) is 2.37. The van der Waals surface area contributed by atoms with Crippen LogP contribution < -0.4 is 0 Å². The minimum absolute atomic E-state index is 0.320. The zero-order chi connectivity index (χ0) is 13.1. The highest BCUT2D eigenvalue weighted by molar-refractivity contribution is 5.87. The lowest BCUT2D eigenvalue weighted by Gasteiger charge is -2.08. The number of pyridine rings is 1. The number of aryl methyl sites for hydroxylation is 1. The van der Waals surface area contributed by atoms with Gasteiger partial charge in [0.05, 0.1) is 26.0 Å². The first-order valence-electron chi connectivity index (χ1n) is 5.31. The van der Waals surface area contributed by atoms with Crippen LogP contribution in [0.1, 0.15) is 21.9 Å². The third-order valence-corrected chi connectivity index (χ3v) is 2.55. The summed E-state index contributed by atoms with van der Waals surface area (Å²) in [6.07, 6.45) is 4.11. The van der Waals surface area contributed by atoms with Gasteiger partial charge in [-0.15, -0.1) is 0 Å². The molecular formula is C12H12FN3O2. The van der Waals surface area contributed by atoms with Crippen molar-refractivity contribution in [2.24, 2.45) is 0 Å². The van der Waals surface area contributed by atoms with E-state index in [1.54, 1.807) is 17.7 Å². The molecule has 0 atom stereocenters. The van der Waals surface area contributed by atoms with Crippen LogP contribution in [0.4, 0.5) is 4.39 Å². The second-order valence-corrected chi connectivity index (χ2v) is 3.78. The molecule has 0 aliphatic carbocycles. The van der Waals surface area contributed by atoms with Crippen molar-refractivity contribution in [2.75, 3.05) is 7.11 Å². The number of carbonyl (C=O) groups is 1. The molecule has 0 bridgehead atoms. The molecule has 18 heavy (non-hydrogen) atoms. The van der Waals surface area contributed by atoms with Crippen LogP contribution in [0.3, 0.4) is 0 Å². The quantitative estimate of drug-likeness (QED) is 0.774. The second kappa shape index (κ2) is 4.95. The van der Waals surface area contributed by atoms with Crippen molar-refractivity contribution in [3.8, 4) is 0 Å². The Hall–Kier alpha value is -2.24. The molecule has 6 heteroatoms. The van der Waals surface area contributed by atoms with E-state index in [2.05, 4.69) is 14.7 Å². The summed E-state index contributed by atoms with van der Waals surface area (Å²) < 4.78 is 19.4. The number of hydrogen-bond donors (Lipinski definition) is 0. The van der Waals surface area contributed by atoms with Gasteiger partial charge in [-0.1, -0.05) is 0 Å². The summed E-state index contributed by atoms with van der Waals surface area (Å²) in [5, 5.41) is 0. The van der Waals surface area contributed by atoms with Gasteiger partial charge in [0.15, 0.2) is 0 Å². The van der Waals surface area contributed by atoms with E-state index in [-0.39, 0.29) is 0 Å². The van der Waals surface area contributed by atoms with E-state index < -0.39 is 11.8 Å². The third-order valence-electron chi connectivity index (χ3n) is 2.55. The molecule has 2 aromatic rings. The van der Waals surface area contributed by atoms with E-state index in [4.69, 9.17) is 0 Å². The maximum Gasteiger partial charge on any atom is 0.356 e. The molecule has 2 aromatic heterocycles. The predicted octanol–water partition coefficient (Wildman–Crippen LogP) is 1.56. The molecule has 0 aliphatic rings. The van der Waals surface area contributed by atoms with E-state index in [9.17, 15) is 9.18 Å². The summed E-state index contributed by atoms with van der Waals surface area (Å²) >= 11 is 0. The normalized spacial score (nSPS) is 10.4. The maximum absolute atomic E-state index is 13.0. The van der Waals surface area contributed by atoms with Crippen LogP contribution in [0, 0.1) is 12.7 Å². The zero-order valence-electron chi connectivity index (χ0n) is 10.1. The summed E-state index contributed by atoms with van der Waals surface area (Å²) in [6, 6.07) is 1.37. The highest BCUT2D eigenvalue weighted by Crippen LogP contribution is 2.11. The molecule has 0 aromatic carbocycles. The standard InChI is InChI=1S/C12H12FN3O2/c1-8-15-6-11(12(17)18-2)16(8)7-9-3-10(13)5-14-4-9/h3-6H,7H2,1-2H3. The van der Waals surface area contributed by atoms with Crippen molar-refractivity contribution < 1.29 is 13.9 Å². The number of halogens is 1. The van der Waals surface area contributed by atoms with Crippen molar-refractivity contribution >= 4 is 5.97 Å². The van der Waals surface area contributed by atoms with Crippen molar-refractivity contribution in [3.63, 3.8) is 0 Å². The number of nitrogens with zero attached hydrogens (tertiary/aromatic N) is 3. The first-order valence-corrected chi connectivity index (χ1v) is 5.31. The molecule has 0 saturated heterocycles. The monoisotopic (exact) mass is 249 g/mol.